The van der Waals surface area contributed by atoms with E-state index in [9.17, 15) is 9.59 Å². The minimum Gasteiger partial charge on any atom is -0.480 e. The minimum atomic E-state index is -0.982. The molecule has 7 heteroatoms. The van der Waals surface area contributed by atoms with Gasteiger partial charge >= 0.3 is 12.1 Å². The van der Waals surface area contributed by atoms with Gasteiger partial charge in [0.2, 0.25) is 0 Å². The molecule has 1 fully saturated rings. The van der Waals surface area contributed by atoms with Gasteiger partial charge in [0.1, 0.15) is 12.1 Å². The third-order valence-corrected chi connectivity index (χ3v) is 3.07. The number of aliphatic carboxylic acids is 1. The van der Waals surface area contributed by atoms with E-state index in [0.717, 1.165) is 0 Å². The van der Waals surface area contributed by atoms with Crippen molar-refractivity contribution in [3.63, 3.8) is 0 Å². The van der Waals surface area contributed by atoms with E-state index in [1.807, 2.05) is 0 Å². The number of carboxylic acids is 1. The Morgan fingerprint density at radius 3 is 3.07 bits per heavy atom. The Morgan fingerprint density at radius 1 is 1.80 bits per heavy atom. The van der Waals surface area contributed by atoms with Gasteiger partial charge < -0.3 is 20.9 Å². The van der Waals surface area contributed by atoms with Crippen LogP contribution in [0.15, 0.2) is 0 Å². The van der Waals surface area contributed by atoms with Gasteiger partial charge in [0.05, 0.1) is 6.54 Å². The third kappa shape index (κ3) is 4.39. The largest absolute Gasteiger partial charge is 0.480 e. The summed E-state index contributed by atoms with van der Waals surface area (Å²) in [6.07, 6.45) is -0.0694. The first-order chi connectivity index (χ1) is 7.09. The Hall–Kier alpha value is -0.950. The Balaban J connectivity index is 2.02. The summed E-state index contributed by atoms with van der Waals surface area (Å²) < 4.78 is 4.90. The van der Waals surface area contributed by atoms with Crippen molar-refractivity contribution in [2.75, 3.05) is 18.1 Å². The molecule has 1 heterocycles. The monoisotopic (exact) mass is 234 g/mol. The maximum Gasteiger partial charge on any atom is 0.407 e. The molecule has 0 spiro atoms. The highest BCUT2D eigenvalue weighted by molar-refractivity contribution is 7.99. The zero-order chi connectivity index (χ0) is 11.3. The maximum atomic E-state index is 10.6. The Bertz CT molecular complexity index is 249. The van der Waals surface area contributed by atoms with Crippen LogP contribution in [0, 0.1) is 0 Å². The standard InChI is InChI=1S/C8H14N2O4S/c9-6(7(11)12)1-2-15-4-5-3-10-8(13)14-5/h5-6H,1-4,9H2,(H,10,13)(H,11,12). The highest BCUT2D eigenvalue weighted by atomic mass is 32.2. The van der Waals surface area contributed by atoms with E-state index >= 15 is 0 Å². The molecule has 15 heavy (non-hydrogen) atoms. The molecule has 0 bridgehead atoms. The van der Waals surface area contributed by atoms with Crippen molar-refractivity contribution in [1.82, 2.24) is 5.32 Å². The summed E-state index contributed by atoms with van der Waals surface area (Å²) in [6.45, 7) is 0.525. The molecule has 1 aliphatic rings. The number of cyclic esters (lactones) is 1. The number of thioether (sulfide) groups is 1. The quantitative estimate of drug-likeness (QED) is 0.542. The second kappa shape index (κ2) is 5.82. The lowest BCUT2D eigenvalue weighted by Crippen LogP contribution is -2.30. The van der Waals surface area contributed by atoms with Crippen LogP contribution in [0.4, 0.5) is 4.79 Å². The number of nitrogens with two attached hydrogens (primary N) is 1. The average Bonchev–Trinajstić information content (AvgIpc) is 2.58. The zero-order valence-electron chi connectivity index (χ0n) is 8.14. The Morgan fingerprint density at radius 2 is 2.53 bits per heavy atom. The number of rotatable bonds is 6. The molecule has 0 saturated carbocycles. The lowest BCUT2D eigenvalue weighted by atomic mass is 10.2. The molecule has 0 aromatic carbocycles. The molecule has 4 N–H and O–H groups in total. The number of hydrogen-bond acceptors (Lipinski definition) is 5. The van der Waals surface area contributed by atoms with Gasteiger partial charge in [-0.05, 0) is 12.2 Å². The van der Waals surface area contributed by atoms with Gasteiger partial charge in [-0.2, -0.15) is 11.8 Å². The topological polar surface area (TPSA) is 102 Å². The van der Waals surface area contributed by atoms with Crippen molar-refractivity contribution in [2.45, 2.75) is 18.6 Å². The normalized spacial score (nSPS) is 21.9. The van der Waals surface area contributed by atoms with E-state index in [1.54, 1.807) is 0 Å². The first-order valence-corrected chi connectivity index (χ1v) is 5.75. The predicted octanol–water partition coefficient (Wildman–Crippen LogP) is -0.370. The fourth-order valence-electron chi connectivity index (χ4n) is 1.07. The molecule has 0 aromatic heterocycles. The number of carbonyl (C=O) groups excluding carboxylic acids is 1. The molecule has 2 unspecified atom stereocenters. The van der Waals surface area contributed by atoms with Crippen LogP contribution in [0.3, 0.4) is 0 Å². The van der Waals surface area contributed by atoms with Gasteiger partial charge in [-0.25, -0.2) is 4.79 Å². The smallest absolute Gasteiger partial charge is 0.407 e. The summed E-state index contributed by atoms with van der Waals surface area (Å²) in [5.41, 5.74) is 5.32. The number of amides is 1. The molecular formula is C8H14N2O4S. The molecule has 1 rings (SSSR count). The van der Waals surface area contributed by atoms with Crippen LogP contribution in [0.5, 0.6) is 0 Å². The van der Waals surface area contributed by atoms with E-state index < -0.39 is 12.0 Å². The van der Waals surface area contributed by atoms with Crippen LogP contribution in [0.25, 0.3) is 0 Å². The Labute approximate surface area is 91.5 Å². The fourth-order valence-corrected chi connectivity index (χ4v) is 2.11. The molecule has 1 aliphatic heterocycles. The number of carboxylic acid groups (broad SMARTS) is 1. The molecule has 86 valence electrons. The number of alkyl carbamates (subject to hydrolysis) is 1. The van der Waals surface area contributed by atoms with Crippen LogP contribution < -0.4 is 11.1 Å². The first-order valence-electron chi connectivity index (χ1n) is 4.60. The second-order valence-electron chi connectivity index (χ2n) is 3.22. The predicted molar refractivity (Wildman–Crippen MR) is 55.8 cm³/mol. The molecule has 1 amide bonds. The van der Waals surface area contributed by atoms with Crippen LogP contribution in [-0.4, -0.2) is 47.4 Å². The van der Waals surface area contributed by atoms with Crippen molar-refractivity contribution in [2.24, 2.45) is 5.73 Å². The number of ether oxygens (including phenoxy) is 1. The van der Waals surface area contributed by atoms with Gasteiger partial charge in [-0.1, -0.05) is 0 Å². The van der Waals surface area contributed by atoms with Crippen LogP contribution >= 0.6 is 11.8 Å². The van der Waals surface area contributed by atoms with Crippen molar-refractivity contribution in [3.8, 4) is 0 Å². The summed E-state index contributed by atoms with van der Waals surface area (Å²) in [7, 11) is 0. The summed E-state index contributed by atoms with van der Waals surface area (Å²) in [5, 5.41) is 11.1. The van der Waals surface area contributed by atoms with Gasteiger partial charge in [0, 0.05) is 5.75 Å². The lowest BCUT2D eigenvalue weighted by Gasteiger charge is -2.08. The minimum absolute atomic E-state index is 0.108. The van der Waals surface area contributed by atoms with Gasteiger partial charge in [-0.3, -0.25) is 4.79 Å². The molecule has 0 aromatic rings. The molecule has 0 aliphatic carbocycles. The molecule has 0 radical (unpaired) electrons. The van der Waals surface area contributed by atoms with Crippen molar-refractivity contribution >= 4 is 23.8 Å². The lowest BCUT2D eigenvalue weighted by molar-refractivity contribution is -0.138. The van der Waals surface area contributed by atoms with Crippen LogP contribution in [0.2, 0.25) is 0 Å². The van der Waals surface area contributed by atoms with E-state index in [4.69, 9.17) is 15.6 Å². The third-order valence-electron chi connectivity index (χ3n) is 1.94. The number of nitrogens with one attached hydrogen (secondary N) is 1. The molecular weight excluding hydrogens is 220 g/mol. The fraction of sp³-hybridized carbons (Fsp3) is 0.750. The molecule has 2 atom stereocenters. The highest BCUT2D eigenvalue weighted by Gasteiger charge is 2.22. The first kappa shape index (κ1) is 12.1. The van der Waals surface area contributed by atoms with Gasteiger partial charge in [0.15, 0.2) is 0 Å². The van der Waals surface area contributed by atoms with E-state index in [-0.39, 0.29) is 12.2 Å². The average molecular weight is 234 g/mol. The summed E-state index contributed by atoms with van der Waals surface area (Å²) in [6, 6.07) is -0.804. The SMILES string of the molecule is NC(CCSCC1CNC(=O)O1)C(=O)O. The maximum absolute atomic E-state index is 10.6. The van der Waals surface area contributed by atoms with Gasteiger partial charge in [-0.15, -0.1) is 0 Å². The molecule has 6 nitrogen and oxygen atoms in total. The van der Waals surface area contributed by atoms with Crippen molar-refractivity contribution in [1.29, 1.82) is 0 Å². The van der Waals surface area contributed by atoms with E-state index in [0.29, 0.717) is 24.5 Å². The highest BCUT2D eigenvalue weighted by Crippen LogP contribution is 2.11. The number of carbonyl (C=O) groups is 2. The van der Waals surface area contributed by atoms with E-state index in [1.165, 1.54) is 11.8 Å². The summed E-state index contributed by atoms with van der Waals surface area (Å²) in [5.74, 6) is 0.344. The van der Waals surface area contributed by atoms with E-state index in [2.05, 4.69) is 5.32 Å². The van der Waals surface area contributed by atoms with Crippen molar-refractivity contribution in [3.05, 3.63) is 0 Å². The molecule has 1 saturated heterocycles. The van der Waals surface area contributed by atoms with Crippen LogP contribution in [-0.2, 0) is 9.53 Å². The Kier molecular flexibility index (Phi) is 4.70. The second-order valence-corrected chi connectivity index (χ2v) is 4.37. The van der Waals surface area contributed by atoms with Crippen LogP contribution in [0.1, 0.15) is 6.42 Å². The van der Waals surface area contributed by atoms with Crippen molar-refractivity contribution < 1.29 is 19.4 Å². The zero-order valence-corrected chi connectivity index (χ0v) is 8.96. The summed E-state index contributed by atoms with van der Waals surface area (Å²) in [4.78, 5) is 21.0. The summed E-state index contributed by atoms with van der Waals surface area (Å²) >= 11 is 1.54. The number of hydrogen-bond donors (Lipinski definition) is 3. The van der Waals surface area contributed by atoms with Gasteiger partial charge in [0.25, 0.3) is 0 Å².